The molecule has 2 saturated carbocycles. The molecule has 0 saturated heterocycles. The summed E-state index contributed by atoms with van der Waals surface area (Å²) in [4.78, 5) is 15.3. The van der Waals surface area contributed by atoms with Crippen molar-refractivity contribution < 1.29 is 9.53 Å². The predicted octanol–water partition coefficient (Wildman–Crippen LogP) is 2.88. The zero-order valence-corrected chi connectivity index (χ0v) is 13.0. The SMILES string of the molecule is COCCN(C)c1sc(C(=O)C2CC2)c(N)c1C1CC1. The zero-order chi connectivity index (χ0) is 14.3. The summed E-state index contributed by atoms with van der Waals surface area (Å²) < 4.78 is 5.15. The van der Waals surface area contributed by atoms with Gasteiger partial charge in [0.15, 0.2) is 5.78 Å². The van der Waals surface area contributed by atoms with Crippen LogP contribution in [0.5, 0.6) is 0 Å². The molecule has 20 heavy (non-hydrogen) atoms. The van der Waals surface area contributed by atoms with Gasteiger partial charge in [0, 0.05) is 32.2 Å². The highest BCUT2D eigenvalue weighted by molar-refractivity contribution is 7.19. The number of methoxy groups -OCH3 is 1. The van der Waals surface area contributed by atoms with Crippen LogP contribution in [0.25, 0.3) is 0 Å². The molecule has 0 atom stereocenters. The number of hydrogen-bond acceptors (Lipinski definition) is 5. The third-order valence-electron chi connectivity index (χ3n) is 4.10. The Bertz CT molecular complexity index is 518. The van der Waals surface area contributed by atoms with Crippen molar-refractivity contribution in [3.8, 4) is 0 Å². The van der Waals surface area contributed by atoms with E-state index in [2.05, 4.69) is 11.9 Å². The lowest BCUT2D eigenvalue weighted by Gasteiger charge is -2.18. The molecule has 2 aliphatic carbocycles. The quantitative estimate of drug-likeness (QED) is 0.786. The van der Waals surface area contributed by atoms with Gasteiger partial charge in [0.1, 0.15) is 0 Å². The second-order valence-corrected chi connectivity index (χ2v) is 6.89. The van der Waals surface area contributed by atoms with Gasteiger partial charge in [0.2, 0.25) is 0 Å². The van der Waals surface area contributed by atoms with E-state index >= 15 is 0 Å². The first kappa shape index (κ1) is 13.9. The average Bonchev–Trinajstić information content (AvgIpc) is 3.32. The number of anilines is 2. The molecule has 1 aromatic heterocycles. The zero-order valence-electron chi connectivity index (χ0n) is 12.1. The van der Waals surface area contributed by atoms with Gasteiger partial charge in [0.25, 0.3) is 0 Å². The number of ketones is 1. The van der Waals surface area contributed by atoms with Crippen LogP contribution in [0.3, 0.4) is 0 Å². The molecule has 0 bridgehead atoms. The van der Waals surface area contributed by atoms with Gasteiger partial charge in [-0.15, -0.1) is 11.3 Å². The largest absolute Gasteiger partial charge is 0.397 e. The smallest absolute Gasteiger partial charge is 0.178 e. The predicted molar refractivity (Wildman–Crippen MR) is 82.9 cm³/mol. The summed E-state index contributed by atoms with van der Waals surface area (Å²) in [5.74, 6) is 1.06. The maximum absolute atomic E-state index is 12.4. The van der Waals surface area contributed by atoms with Crippen molar-refractivity contribution in [3.05, 3.63) is 10.4 Å². The topological polar surface area (TPSA) is 55.6 Å². The molecular formula is C15H22N2O2S. The monoisotopic (exact) mass is 294 g/mol. The molecule has 0 unspecified atom stereocenters. The molecule has 1 aromatic rings. The van der Waals surface area contributed by atoms with Gasteiger partial charge in [-0.05, 0) is 31.6 Å². The minimum absolute atomic E-state index is 0.236. The fourth-order valence-corrected chi connectivity index (χ4v) is 3.85. The van der Waals surface area contributed by atoms with Gasteiger partial charge in [-0.2, -0.15) is 0 Å². The van der Waals surface area contributed by atoms with E-state index in [1.807, 2.05) is 0 Å². The number of hydrogen-bond donors (Lipinski definition) is 1. The summed E-state index contributed by atoms with van der Waals surface area (Å²) >= 11 is 1.59. The Hall–Kier alpha value is -1.07. The van der Waals surface area contributed by atoms with Crippen LogP contribution in [-0.4, -0.2) is 33.1 Å². The molecule has 5 heteroatoms. The van der Waals surface area contributed by atoms with E-state index in [4.69, 9.17) is 10.5 Å². The summed E-state index contributed by atoms with van der Waals surface area (Å²) in [5, 5.41) is 1.17. The highest BCUT2D eigenvalue weighted by atomic mass is 32.1. The number of carbonyl (C=O) groups is 1. The van der Waals surface area contributed by atoms with E-state index in [9.17, 15) is 4.79 Å². The summed E-state index contributed by atoms with van der Waals surface area (Å²) in [6, 6.07) is 0. The third kappa shape index (κ3) is 2.56. The van der Waals surface area contributed by atoms with E-state index < -0.39 is 0 Å². The van der Waals surface area contributed by atoms with E-state index in [0.717, 1.165) is 30.0 Å². The van der Waals surface area contributed by atoms with E-state index in [1.54, 1.807) is 18.4 Å². The van der Waals surface area contributed by atoms with E-state index in [0.29, 0.717) is 12.5 Å². The molecule has 0 amide bonds. The van der Waals surface area contributed by atoms with Gasteiger partial charge >= 0.3 is 0 Å². The molecule has 1 heterocycles. The maximum atomic E-state index is 12.4. The first-order valence-electron chi connectivity index (χ1n) is 7.30. The number of nitrogens with zero attached hydrogens (tertiary/aromatic N) is 1. The second-order valence-electron chi connectivity index (χ2n) is 5.89. The minimum Gasteiger partial charge on any atom is -0.397 e. The number of Topliss-reactive ketones (excluding diaryl/α,β-unsaturated/α-hetero) is 1. The molecule has 2 fully saturated rings. The lowest BCUT2D eigenvalue weighted by atomic mass is 10.1. The first-order chi connectivity index (χ1) is 9.63. The molecule has 0 radical (unpaired) electrons. The van der Waals surface area contributed by atoms with Gasteiger partial charge in [-0.25, -0.2) is 0 Å². The van der Waals surface area contributed by atoms with Gasteiger partial charge < -0.3 is 15.4 Å². The molecule has 0 aliphatic heterocycles. The first-order valence-corrected chi connectivity index (χ1v) is 8.11. The number of likely N-dealkylation sites (N-methyl/N-ethyl adjacent to an activating group) is 1. The Kier molecular flexibility index (Phi) is 3.73. The summed E-state index contributed by atoms with van der Waals surface area (Å²) in [6.07, 6.45) is 4.46. The van der Waals surface area contributed by atoms with Crippen molar-refractivity contribution in [1.82, 2.24) is 0 Å². The van der Waals surface area contributed by atoms with Crippen molar-refractivity contribution in [1.29, 1.82) is 0 Å². The number of thiophene rings is 1. The van der Waals surface area contributed by atoms with Crippen molar-refractivity contribution in [2.24, 2.45) is 5.92 Å². The van der Waals surface area contributed by atoms with Crippen LogP contribution >= 0.6 is 11.3 Å². The fraction of sp³-hybridized carbons (Fsp3) is 0.667. The number of nitrogens with two attached hydrogens (primary N) is 1. The fourth-order valence-electron chi connectivity index (χ4n) is 2.54. The van der Waals surface area contributed by atoms with Crippen LogP contribution in [0.2, 0.25) is 0 Å². The second kappa shape index (κ2) is 5.37. The Morgan fingerprint density at radius 2 is 2.10 bits per heavy atom. The molecule has 0 spiro atoms. The van der Waals surface area contributed by atoms with Crippen LogP contribution < -0.4 is 10.6 Å². The van der Waals surface area contributed by atoms with Crippen molar-refractivity contribution in [3.63, 3.8) is 0 Å². The normalized spacial score (nSPS) is 18.3. The van der Waals surface area contributed by atoms with Crippen molar-refractivity contribution >= 4 is 27.8 Å². The maximum Gasteiger partial charge on any atom is 0.178 e. The summed E-state index contributed by atoms with van der Waals surface area (Å²) in [7, 11) is 3.77. The Labute approximate surface area is 123 Å². The highest BCUT2D eigenvalue weighted by Gasteiger charge is 2.37. The number of nitrogen functional groups attached to an aromatic ring is 1. The Balaban J connectivity index is 1.90. The Morgan fingerprint density at radius 3 is 2.65 bits per heavy atom. The number of carbonyl (C=O) groups excluding carboxylic acids is 1. The summed E-state index contributed by atoms with van der Waals surface area (Å²) in [5.41, 5.74) is 8.29. The molecule has 3 rings (SSSR count). The number of rotatable bonds is 7. The molecule has 4 nitrogen and oxygen atoms in total. The summed E-state index contributed by atoms with van der Waals surface area (Å²) in [6.45, 7) is 1.51. The van der Waals surface area contributed by atoms with Gasteiger partial charge in [-0.3, -0.25) is 4.79 Å². The van der Waals surface area contributed by atoms with Gasteiger partial charge in [0.05, 0.1) is 22.2 Å². The van der Waals surface area contributed by atoms with Crippen LogP contribution in [0.4, 0.5) is 10.7 Å². The Morgan fingerprint density at radius 1 is 1.40 bits per heavy atom. The third-order valence-corrected chi connectivity index (χ3v) is 5.45. The van der Waals surface area contributed by atoms with E-state index in [1.165, 1.54) is 23.4 Å². The lowest BCUT2D eigenvalue weighted by Crippen LogP contribution is -2.22. The lowest BCUT2D eigenvalue weighted by molar-refractivity contribution is 0.0972. The highest BCUT2D eigenvalue weighted by Crippen LogP contribution is 2.52. The van der Waals surface area contributed by atoms with Gasteiger partial charge in [-0.1, -0.05) is 0 Å². The van der Waals surface area contributed by atoms with Crippen LogP contribution in [0, 0.1) is 5.92 Å². The molecule has 110 valence electrons. The van der Waals surface area contributed by atoms with Crippen LogP contribution in [0.1, 0.15) is 46.8 Å². The van der Waals surface area contributed by atoms with Crippen molar-refractivity contribution in [2.75, 3.05) is 37.9 Å². The molecule has 2 N–H and O–H groups in total. The standard InChI is InChI=1S/C15H22N2O2S/c1-17(7-8-19-2)15-11(9-3-4-9)12(16)14(20-15)13(18)10-5-6-10/h9-10H,3-8,16H2,1-2H3. The molecular weight excluding hydrogens is 272 g/mol. The van der Waals surface area contributed by atoms with Crippen LogP contribution in [-0.2, 0) is 4.74 Å². The van der Waals surface area contributed by atoms with Crippen molar-refractivity contribution in [2.45, 2.75) is 31.6 Å². The molecule has 2 aliphatic rings. The van der Waals surface area contributed by atoms with E-state index in [-0.39, 0.29) is 11.7 Å². The number of ether oxygens (including phenoxy) is 1. The molecule has 0 aromatic carbocycles. The van der Waals surface area contributed by atoms with Crippen LogP contribution in [0.15, 0.2) is 0 Å². The average molecular weight is 294 g/mol. The minimum atomic E-state index is 0.236.